The second-order valence-corrected chi connectivity index (χ2v) is 6.85. The molecule has 4 fully saturated rings. The fraction of sp³-hybridized carbons (Fsp3) is 1.00. The summed E-state index contributed by atoms with van der Waals surface area (Å²) in [7, 11) is 0. The molecule has 0 radical (unpaired) electrons. The topological polar surface area (TPSA) is 3.24 Å². The summed E-state index contributed by atoms with van der Waals surface area (Å²) in [6.45, 7) is 6.24. The van der Waals surface area contributed by atoms with Crippen LogP contribution in [0.5, 0.6) is 0 Å². The van der Waals surface area contributed by atoms with Crippen molar-refractivity contribution in [2.24, 2.45) is 17.8 Å². The summed E-state index contributed by atoms with van der Waals surface area (Å²) >= 11 is 0. The predicted molar refractivity (Wildman–Crippen MR) is 68.4 cm³/mol. The molecule has 92 valence electrons. The van der Waals surface area contributed by atoms with Gasteiger partial charge in [-0.15, -0.1) is 0 Å². The fourth-order valence-electron chi connectivity index (χ4n) is 4.21. The predicted octanol–water partition coefficient (Wildman–Crippen LogP) is 3.69. The second-order valence-electron chi connectivity index (χ2n) is 6.85. The Morgan fingerprint density at radius 1 is 0.938 bits per heavy atom. The average Bonchev–Trinajstić information content (AvgIpc) is 2.49. The zero-order valence-electron chi connectivity index (χ0n) is 11.0. The standard InChI is InChI=1S/C15H27N/c1-11(2)13-8-15(9-13)16-10-12-4-3-5-14(16)7-6-12/h11-15H,3-10H2,1-2H3. The van der Waals surface area contributed by atoms with Crippen molar-refractivity contribution in [3.05, 3.63) is 0 Å². The van der Waals surface area contributed by atoms with E-state index in [1.165, 1.54) is 51.5 Å². The van der Waals surface area contributed by atoms with Gasteiger partial charge < -0.3 is 0 Å². The van der Waals surface area contributed by atoms with Crippen molar-refractivity contribution >= 4 is 0 Å². The van der Waals surface area contributed by atoms with Gasteiger partial charge in [0.25, 0.3) is 0 Å². The van der Waals surface area contributed by atoms with E-state index in [1.54, 1.807) is 0 Å². The van der Waals surface area contributed by atoms with Crippen LogP contribution in [-0.2, 0) is 0 Å². The van der Waals surface area contributed by atoms with E-state index in [0.717, 1.165) is 29.8 Å². The maximum Gasteiger partial charge on any atom is 0.0104 e. The lowest BCUT2D eigenvalue weighted by atomic mass is 9.72. The van der Waals surface area contributed by atoms with E-state index in [9.17, 15) is 0 Å². The van der Waals surface area contributed by atoms with Crippen molar-refractivity contribution in [3.8, 4) is 0 Å². The van der Waals surface area contributed by atoms with Crippen molar-refractivity contribution in [1.82, 2.24) is 4.90 Å². The molecule has 0 aromatic rings. The molecule has 2 heterocycles. The summed E-state index contributed by atoms with van der Waals surface area (Å²) in [6.07, 6.45) is 10.6. The SMILES string of the molecule is CC(C)C1CC(N2CC3CCCC2CC3)C1. The minimum Gasteiger partial charge on any atom is -0.297 e. The molecule has 0 aromatic heterocycles. The van der Waals surface area contributed by atoms with E-state index in [0.29, 0.717) is 0 Å². The zero-order valence-corrected chi connectivity index (χ0v) is 11.0. The monoisotopic (exact) mass is 221 g/mol. The van der Waals surface area contributed by atoms with E-state index in [4.69, 9.17) is 0 Å². The second kappa shape index (κ2) is 4.33. The molecule has 2 aliphatic carbocycles. The van der Waals surface area contributed by atoms with Gasteiger partial charge >= 0.3 is 0 Å². The third kappa shape index (κ3) is 1.92. The molecule has 4 aliphatic rings. The highest BCUT2D eigenvalue weighted by Crippen LogP contribution is 2.42. The highest BCUT2D eigenvalue weighted by molar-refractivity contribution is 4.95. The van der Waals surface area contributed by atoms with Crippen LogP contribution < -0.4 is 0 Å². The van der Waals surface area contributed by atoms with E-state index < -0.39 is 0 Å². The van der Waals surface area contributed by atoms with Crippen LogP contribution in [0.4, 0.5) is 0 Å². The number of hydrogen-bond acceptors (Lipinski definition) is 1. The Balaban J connectivity index is 1.60. The molecule has 2 aliphatic heterocycles. The van der Waals surface area contributed by atoms with Crippen LogP contribution in [0.15, 0.2) is 0 Å². The van der Waals surface area contributed by atoms with Crippen LogP contribution >= 0.6 is 0 Å². The molecule has 0 spiro atoms. The fourth-order valence-corrected chi connectivity index (χ4v) is 4.21. The summed E-state index contributed by atoms with van der Waals surface area (Å²) in [5, 5.41) is 0. The van der Waals surface area contributed by atoms with Crippen LogP contribution in [0.3, 0.4) is 0 Å². The van der Waals surface area contributed by atoms with Crippen molar-refractivity contribution < 1.29 is 0 Å². The molecule has 16 heavy (non-hydrogen) atoms. The van der Waals surface area contributed by atoms with Crippen molar-refractivity contribution in [3.63, 3.8) is 0 Å². The number of hydrogen-bond donors (Lipinski definition) is 0. The largest absolute Gasteiger partial charge is 0.297 e. The summed E-state index contributed by atoms with van der Waals surface area (Å²) in [4.78, 5) is 2.92. The maximum atomic E-state index is 2.92. The van der Waals surface area contributed by atoms with Gasteiger partial charge in [0, 0.05) is 18.6 Å². The molecular weight excluding hydrogens is 194 g/mol. The Labute approximate surface area is 101 Å². The van der Waals surface area contributed by atoms with E-state index in [-0.39, 0.29) is 0 Å². The van der Waals surface area contributed by atoms with Crippen molar-refractivity contribution in [2.75, 3.05) is 6.54 Å². The Morgan fingerprint density at radius 3 is 2.50 bits per heavy atom. The zero-order chi connectivity index (χ0) is 11.1. The van der Waals surface area contributed by atoms with Gasteiger partial charge in [0.1, 0.15) is 0 Å². The Kier molecular flexibility index (Phi) is 2.99. The summed E-state index contributed by atoms with van der Waals surface area (Å²) in [6, 6.07) is 1.94. The Bertz CT molecular complexity index is 238. The third-order valence-electron chi connectivity index (χ3n) is 5.56. The molecule has 1 nitrogen and oxygen atoms in total. The van der Waals surface area contributed by atoms with Gasteiger partial charge in [-0.3, -0.25) is 4.90 Å². The van der Waals surface area contributed by atoms with E-state index in [1.807, 2.05) is 0 Å². The molecular formula is C15H27N. The Hall–Kier alpha value is -0.0400. The van der Waals surface area contributed by atoms with Gasteiger partial charge in [-0.05, 0) is 56.3 Å². The summed E-state index contributed by atoms with van der Waals surface area (Å²) < 4.78 is 0. The molecule has 0 N–H and O–H groups in total. The molecule has 2 saturated heterocycles. The molecule has 1 heteroatoms. The summed E-state index contributed by atoms with van der Waals surface area (Å²) in [5.74, 6) is 3.00. The van der Waals surface area contributed by atoms with Gasteiger partial charge in [-0.25, -0.2) is 0 Å². The number of fused-ring (bicyclic) bond motifs is 4. The molecule has 0 aromatic carbocycles. The third-order valence-corrected chi connectivity index (χ3v) is 5.56. The minimum absolute atomic E-state index is 0.917. The average molecular weight is 221 g/mol. The first-order valence-electron chi connectivity index (χ1n) is 7.49. The smallest absolute Gasteiger partial charge is 0.0104 e. The van der Waals surface area contributed by atoms with Gasteiger partial charge in [0.2, 0.25) is 0 Å². The first-order chi connectivity index (χ1) is 7.74. The number of nitrogens with zero attached hydrogens (tertiary/aromatic N) is 1. The summed E-state index contributed by atoms with van der Waals surface area (Å²) in [5.41, 5.74) is 0. The molecule has 2 bridgehead atoms. The van der Waals surface area contributed by atoms with Gasteiger partial charge in [0.05, 0.1) is 0 Å². The van der Waals surface area contributed by atoms with Crippen LogP contribution in [-0.4, -0.2) is 23.5 Å². The van der Waals surface area contributed by atoms with Crippen LogP contribution in [0.1, 0.15) is 58.8 Å². The molecule has 4 rings (SSSR count). The van der Waals surface area contributed by atoms with E-state index in [2.05, 4.69) is 18.7 Å². The number of rotatable bonds is 2. The maximum absolute atomic E-state index is 2.92. The van der Waals surface area contributed by atoms with Crippen LogP contribution in [0.2, 0.25) is 0 Å². The molecule has 2 unspecified atom stereocenters. The van der Waals surface area contributed by atoms with Gasteiger partial charge in [0.15, 0.2) is 0 Å². The van der Waals surface area contributed by atoms with E-state index >= 15 is 0 Å². The Morgan fingerprint density at radius 2 is 1.75 bits per heavy atom. The lowest BCUT2D eigenvalue weighted by molar-refractivity contribution is -0.00289. The van der Waals surface area contributed by atoms with Gasteiger partial charge in [-0.2, -0.15) is 0 Å². The highest BCUT2D eigenvalue weighted by Gasteiger charge is 2.41. The highest BCUT2D eigenvalue weighted by atomic mass is 15.2. The van der Waals surface area contributed by atoms with Crippen LogP contribution in [0.25, 0.3) is 0 Å². The molecule has 2 atom stereocenters. The number of piperidine rings is 1. The minimum atomic E-state index is 0.917. The molecule has 2 saturated carbocycles. The quantitative estimate of drug-likeness (QED) is 0.687. The lowest BCUT2D eigenvalue weighted by Gasteiger charge is -2.50. The van der Waals surface area contributed by atoms with Crippen molar-refractivity contribution in [1.29, 1.82) is 0 Å². The van der Waals surface area contributed by atoms with Crippen molar-refractivity contribution in [2.45, 2.75) is 70.9 Å². The van der Waals surface area contributed by atoms with Gasteiger partial charge in [-0.1, -0.05) is 20.3 Å². The molecule has 0 amide bonds. The first kappa shape index (κ1) is 11.1. The normalized spacial score (nSPS) is 44.4. The first-order valence-corrected chi connectivity index (χ1v) is 7.49. The lowest BCUT2D eigenvalue weighted by Crippen LogP contribution is -2.53. The van der Waals surface area contributed by atoms with Crippen LogP contribution in [0, 0.1) is 17.8 Å².